The lowest BCUT2D eigenvalue weighted by molar-refractivity contribution is 0.0996. The van der Waals surface area contributed by atoms with Crippen molar-refractivity contribution in [1.82, 2.24) is 4.57 Å². The molecule has 7 heteroatoms. The number of allylic oxidation sites excluding steroid dienone is 1. The van der Waals surface area contributed by atoms with Gasteiger partial charge in [0.15, 0.2) is 16.3 Å². The van der Waals surface area contributed by atoms with Gasteiger partial charge in [-0.3, -0.25) is 4.79 Å². The first-order valence-electron chi connectivity index (χ1n) is 8.46. The van der Waals surface area contributed by atoms with Crippen LogP contribution in [0.4, 0.5) is 0 Å². The van der Waals surface area contributed by atoms with Gasteiger partial charge in [0, 0.05) is 17.1 Å². The minimum absolute atomic E-state index is 0.333. The van der Waals surface area contributed by atoms with Gasteiger partial charge < -0.3 is 14.0 Å². The van der Waals surface area contributed by atoms with Crippen molar-refractivity contribution in [2.75, 3.05) is 13.2 Å². The van der Waals surface area contributed by atoms with Crippen LogP contribution in [-0.2, 0) is 6.54 Å². The first-order chi connectivity index (χ1) is 13.1. The van der Waals surface area contributed by atoms with Crippen molar-refractivity contribution in [3.05, 3.63) is 63.9 Å². The van der Waals surface area contributed by atoms with Crippen molar-refractivity contribution in [2.45, 2.75) is 13.5 Å². The number of aryl methyl sites for hydroxylation is 1. The van der Waals surface area contributed by atoms with E-state index in [0.29, 0.717) is 46.6 Å². The maximum Gasteiger partial charge on any atom is 0.279 e. The molecule has 1 aromatic heterocycles. The summed E-state index contributed by atoms with van der Waals surface area (Å²) in [6, 6.07) is 8.92. The number of amides is 1. The maximum absolute atomic E-state index is 12.8. The number of aromatic nitrogens is 1. The van der Waals surface area contributed by atoms with Crippen molar-refractivity contribution in [3.63, 3.8) is 0 Å². The van der Waals surface area contributed by atoms with Crippen LogP contribution >= 0.6 is 22.9 Å². The van der Waals surface area contributed by atoms with Gasteiger partial charge in [-0.1, -0.05) is 29.0 Å². The van der Waals surface area contributed by atoms with Gasteiger partial charge in [0.1, 0.15) is 13.2 Å². The van der Waals surface area contributed by atoms with Gasteiger partial charge in [0.25, 0.3) is 5.91 Å². The number of thiazole rings is 1. The molecule has 4 rings (SSSR count). The third-order valence-electron chi connectivity index (χ3n) is 4.33. The first-order valence-corrected chi connectivity index (χ1v) is 9.66. The molecule has 0 N–H and O–H groups in total. The van der Waals surface area contributed by atoms with E-state index in [2.05, 4.69) is 11.6 Å². The molecule has 1 aliphatic heterocycles. The van der Waals surface area contributed by atoms with Gasteiger partial charge in [-0.25, -0.2) is 0 Å². The standard InChI is InChI=1S/C20H17ClN2O3S/c1-3-8-23-18-12(2)14(21)5-7-17(18)27-20(23)22-19(24)13-4-6-15-16(11-13)26-10-9-25-15/h3-7,11H,1,8-10H2,2H3. The van der Waals surface area contributed by atoms with E-state index < -0.39 is 0 Å². The summed E-state index contributed by atoms with van der Waals surface area (Å²) in [6.45, 7) is 7.29. The molecule has 0 unspecified atom stereocenters. The topological polar surface area (TPSA) is 52.8 Å². The molecule has 2 aromatic carbocycles. The van der Waals surface area contributed by atoms with Crippen LogP contribution < -0.4 is 14.3 Å². The molecule has 0 fully saturated rings. The van der Waals surface area contributed by atoms with Crippen LogP contribution in [-0.4, -0.2) is 23.7 Å². The zero-order valence-corrected chi connectivity index (χ0v) is 16.3. The number of carbonyl (C=O) groups excluding carboxylic acids is 1. The molecular weight excluding hydrogens is 384 g/mol. The Labute approximate surface area is 165 Å². The number of fused-ring (bicyclic) bond motifs is 2. The smallest absolute Gasteiger partial charge is 0.279 e. The number of nitrogens with zero attached hydrogens (tertiary/aromatic N) is 2. The summed E-state index contributed by atoms with van der Waals surface area (Å²) >= 11 is 7.73. The number of halogens is 1. The molecule has 138 valence electrons. The maximum atomic E-state index is 12.8. The Morgan fingerprint density at radius 2 is 2.07 bits per heavy atom. The molecule has 0 radical (unpaired) electrons. The predicted octanol–water partition coefficient (Wildman–Crippen LogP) is 4.36. The molecule has 3 aromatic rings. The zero-order valence-electron chi connectivity index (χ0n) is 14.7. The minimum Gasteiger partial charge on any atom is -0.486 e. The highest BCUT2D eigenvalue weighted by atomic mass is 35.5. The lowest BCUT2D eigenvalue weighted by Gasteiger charge is -2.18. The second-order valence-electron chi connectivity index (χ2n) is 6.08. The molecule has 0 saturated heterocycles. The van der Waals surface area contributed by atoms with Crippen molar-refractivity contribution in [3.8, 4) is 11.5 Å². The Balaban J connectivity index is 1.82. The van der Waals surface area contributed by atoms with E-state index in [4.69, 9.17) is 21.1 Å². The molecule has 0 saturated carbocycles. The van der Waals surface area contributed by atoms with E-state index in [-0.39, 0.29) is 5.91 Å². The quantitative estimate of drug-likeness (QED) is 0.614. The van der Waals surface area contributed by atoms with E-state index in [1.54, 1.807) is 24.3 Å². The lowest BCUT2D eigenvalue weighted by atomic mass is 10.2. The second kappa shape index (κ2) is 7.21. The van der Waals surface area contributed by atoms with Crippen LogP contribution in [0.3, 0.4) is 0 Å². The van der Waals surface area contributed by atoms with E-state index in [9.17, 15) is 4.79 Å². The number of benzene rings is 2. The molecule has 5 nitrogen and oxygen atoms in total. The summed E-state index contributed by atoms with van der Waals surface area (Å²) in [6.07, 6.45) is 1.78. The normalized spacial score (nSPS) is 13.8. The Morgan fingerprint density at radius 3 is 2.85 bits per heavy atom. The molecule has 0 bridgehead atoms. The first kappa shape index (κ1) is 17.8. The molecule has 27 heavy (non-hydrogen) atoms. The summed E-state index contributed by atoms with van der Waals surface area (Å²) in [5.74, 6) is 0.881. The molecule has 0 spiro atoms. The van der Waals surface area contributed by atoms with Crippen molar-refractivity contribution in [2.24, 2.45) is 4.99 Å². The van der Waals surface area contributed by atoms with Crippen LogP contribution in [0.2, 0.25) is 5.02 Å². The fraction of sp³-hybridized carbons (Fsp3) is 0.200. The van der Waals surface area contributed by atoms with E-state index >= 15 is 0 Å². The number of ether oxygens (including phenoxy) is 2. The Bertz CT molecular complexity index is 1130. The van der Waals surface area contributed by atoms with Crippen LogP contribution in [0.25, 0.3) is 10.2 Å². The summed E-state index contributed by atoms with van der Waals surface area (Å²) in [4.78, 5) is 17.7. The summed E-state index contributed by atoms with van der Waals surface area (Å²) in [7, 11) is 0. The third-order valence-corrected chi connectivity index (χ3v) is 5.78. The minimum atomic E-state index is -0.333. The van der Waals surface area contributed by atoms with Gasteiger partial charge in [0.05, 0.1) is 10.2 Å². The van der Waals surface area contributed by atoms with Crippen LogP contribution in [0.1, 0.15) is 15.9 Å². The average Bonchev–Trinajstić information content (AvgIpc) is 3.02. The molecular formula is C20H17ClN2O3S. The van der Waals surface area contributed by atoms with Crippen molar-refractivity contribution < 1.29 is 14.3 Å². The van der Waals surface area contributed by atoms with Gasteiger partial charge in [0.2, 0.25) is 0 Å². The number of hydrogen-bond acceptors (Lipinski definition) is 4. The zero-order chi connectivity index (χ0) is 19.0. The Hall–Kier alpha value is -2.57. The highest BCUT2D eigenvalue weighted by molar-refractivity contribution is 7.16. The van der Waals surface area contributed by atoms with Crippen molar-refractivity contribution >= 4 is 39.1 Å². The second-order valence-corrected chi connectivity index (χ2v) is 7.49. The van der Waals surface area contributed by atoms with Crippen LogP contribution in [0, 0.1) is 6.92 Å². The largest absolute Gasteiger partial charge is 0.486 e. The van der Waals surface area contributed by atoms with Crippen molar-refractivity contribution in [1.29, 1.82) is 0 Å². The fourth-order valence-corrected chi connectivity index (χ4v) is 4.28. The van der Waals surface area contributed by atoms with Gasteiger partial charge in [-0.05, 0) is 42.8 Å². The molecule has 0 aliphatic carbocycles. The van der Waals surface area contributed by atoms with Gasteiger partial charge in [-0.2, -0.15) is 4.99 Å². The molecule has 2 heterocycles. The highest BCUT2D eigenvalue weighted by Crippen LogP contribution is 2.31. The van der Waals surface area contributed by atoms with Gasteiger partial charge >= 0.3 is 0 Å². The molecule has 1 aliphatic rings. The molecule has 1 amide bonds. The predicted molar refractivity (Wildman–Crippen MR) is 107 cm³/mol. The average molecular weight is 401 g/mol. The SMILES string of the molecule is C=CCn1c(=NC(=O)c2ccc3c(c2)OCCO3)sc2ccc(Cl)c(C)c21. The highest BCUT2D eigenvalue weighted by Gasteiger charge is 2.16. The Kier molecular flexibility index (Phi) is 4.76. The third kappa shape index (κ3) is 3.26. The Morgan fingerprint density at radius 1 is 1.30 bits per heavy atom. The van der Waals surface area contributed by atoms with Gasteiger partial charge in [-0.15, -0.1) is 6.58 Å². The van der Waals surface area contributed by atoms with E-state index in [1.807, 2.05) is 23.6 Å². The van der Waals surface area contributed by atoms with E-state index in [1.165, 1.54) is 11.3 Å². The number of rotatable bonds is 3. The van der Waals surface area contributed by atoms with E-state index in [0.717, 1.165) is 15.8 Å². The van der Waals surface area contributed by atoms with Crippen LogP contribution in [0.15, 0.2) is 48.0 Å². The summed E-state index contributed by atoms with van der Waals surface area (Å²) < 4.78 is 14.0. The molecule has 0 atom stereocenters. The monoisotopic (exact) mass is 400 g/mol. The number of carbonyl (C=O) groups is 1. The lowest BCUT2D eigenvalue weighted by Crippen LogP contribution is -2.17. The summed E-state index contributed by atoms with van der Waals surface area (Å²) in [5, 5.41) is 0.683. The van der Waals surface area contributed by atoms with Crippen LogP contribution in [0.5, 0.6) is 11.5 Å². The fourth-order valence-electron chi connectivity index (χ4n) is 3.03. The number of hydrogen-bond donors (Lipinski definition) is 0. The summed E-state index contributed by atoms with van der Waals surface area (Å²) in [5.41, 5.74) is 2.39.